The van der Waals surface area contributed by atoms with Crippen molar-refractivity contribution in [1.82, 2.24) is 9.97 Å². The van der Waals surface area contributed by atoms with Crippen molar-refractivity contribution in [2.75, 3.05) is 12.4 Å². The van der Waals surface area contributed by atoms with E-state index in [-0.39, 0.29) is 17.8 Å². The number of aryl methyl sites for hydroxylation is 1. The van der Waals surface area contributed by atoms with Gasteiger partial charge in [0.25, 0.3) is 0 Å². The van der Waals surface area contributed by atoms with Crippen molar-refractivity contribution in [2.45, 2.75) is 32.1 Å². The lowest BCUT2D eigenvalue weighted by Crippen LogP contribution is -2.25. The quantitative estimate of drug-likeness (QED) is 0.902. The number of carbonyl (C=O) groups excluding carboxylic acids is 1. The molecule has 0 aromatic carbocycles. The molecule has 0 saturated heterocycles. The first-order chi connectivity index (χ1) is 11.2. The Balaban J connectivity index is 1.74. The molecular weight excluding hydrogens is 294 g/mol. The van der Waals surface area contributed by atoms with Gasteiger partial charge >= 0.3 is 0 Å². The lowest BCUT2D eigenvalue weighted by Gasteiger charge is -2.15. The van der Waals surface area contributed by atoms with Crippen LogP contribution < -0.4 is 15.5 Å². The van der Waals surface area contributed by atoms with Crippen molar-refractivity contribution in [3.05, 3.63) is 51.6 Å². The summed E-state index contributed by atoms with van der Waals surface area (Å²) in [4.78, 5) is 31.9. The summed E-state index contributed by atoms with van der Waals surface area (Å²) in [6.07, 6.45) is 7.07. The number of pyridine rings is 2. The first-order valence-electron chi connectivity index (χ1n) is 7.69. The van der Waals surface area contributed by atoms with Crippen LogP contribution >= 0.6 is 0 Å². The van der Waals surface area contributed by atoms with E-state index in [1.165, 1.54) is 0 Å². The molecule has 0 saturated carbocycles. The number of ether oxygens (including phenoxy) is 1. The number of nitrogens with zero attached hydrogens (tertiary/aromatic N) is 1. The number of anilines is 1. The molecule has 2 heterocycles. The Morgan fingerprint density at radius 3 is 3.04 bits per heavy atom. The zero-order valence-electron chi connectivity index (χ0n) is 13.0. The molecule has 1 aliphatic rings. The van der Waals surface area contributed by atoms with Gasteiger partial charge in [0, 0.05) is 35.3 Å². The van der Waals surface area contributed by atoms with Gasteiger partial charge in [-0.05, 0) is 31.7 Å². The van der Waals surface area contributed by atoms with E-state index in [0.29, 0.717) is 17.1 Å². The summed E-state index contributed by atoms with van der Waals surface area (Å²) in [7, 11) is 1.55. The van der Waals surface area contributed by atoms with Gasteiger partial charge in [-0.25, -0.2) is 4.98 Å². The number of amides is 1. The van der Waals surface area contributed by atoms with Crippen LogP contribution in [-0.2, 0) is 24.1 Å². The van der Waals surface area contributed by atoms with E-state index in [4.69, 9.17) is 4.74 Å². The van der Waals surface area contributed by atoms with Crippen molar-refractivity contribution in [3.63, 3.8) is 0 Å². The number of methoxy groups -OCH3 is 1. The summed E-state index contributed by atoms with van der Waals surface area (Å²) in [5, 5.41) is 2.69. The largest absolute Gasteiger partial charge is 0.497 e. The van der Waals surface area contributed by atoms with Crippen molar-refractivity contribution in [2.24, 2.45) is 0 Å². The number of nitrogens with one attached hydrogen (secondary N) is 2. The number of aromatic amines is 1. The van der Waals surface area contributed by atoms with Crippen molar-refractivity contribution in [3.8, 4) is 5.75 Å². The minimum Gasteiger partial charge on any atom is -0.497 e. The van der Waals surface area contributed by atoms with Crippen LogP contribution in [-0.4, -0.2) is 23.0 Å². The van der Waals surface area contributed by atoms with Crippen LogP contribution in [0, 0.1) is 0 Å². The number of carbonyl (C=O) groups is 1. The predicted octanol–water partition coefficient (Wildman–Crippen LogP) is 1.84. The molecule has 1 aliphatic carbocycles. The highest BCUT2D eigenvalue weighted by molar-refractivity contribution is 5.91. The third-order valence-electron chi connectivity index (χ3n) is 4.04. The fourth-order valence-electron chi connectivity index (χ4n) is 2.85. The fourth-order valence-corrected chi connectivity index (χ4v) is 2.85. The predicted molar refractivity (Wildman–Crippen MR) is 86.8 cm³/mol. The van der Waals surface area contributed by atoms with E-state index in [0.717, 1.165) is 36.9 Å². The molecule has 3 rings (SSSR count). The number of aromatic nitrogens is 2. The van der Waals surface area contributed by atoms with Crippen LogP contribution in [0.3, 0.4) is 0 Å². The maximum absolute atomic E-state index is 12.5. The van der Waals surface area contributed by atoms with Crippen LogP contribution in [0.1, 0.15) is 29.7 Å². The van der Waals surface area contributed by atoms with Crippen molar-refractivity contribution < 1.29 is 9.53 Å². The standard InChI is InChI=1S/C17H19N3O3/c1-23-12-6-7-18-15(9-12)20-16(21)8-11-10-19-14-5-3-2-4-13(14)17(11)22/h6-7,9-10H,2-5,8H2,1H3,(H,19,22)(H,18,20,21). The maximum Gasteiger partial charge on any atom is 0.230 e. The normalized spacial score (nSPS) is 13.3. The summed E-state index contributed by atoms with van der Waals surface area (Å²) >= 11 is 0. The molecule has 2 N–H and O–H groups in total. The molecule has 0 spiro atoms. The zero-order valence-corrected chi connectivity index (χ0v) is 13.0. The Bertz CT molecular complexity index is 783. The maximum atomic E-state index is 12.5. The van der Waals surface area contributed by atoms with Crippen molar-refractivity contribution in [1.29, 1.82) is 0 Å². The van der Waals surface area contributed by atoms with Crippen LogP contribution in [0.15, 0.2) is 29.3 Å². The molecule has 6 nitrogen and oxygen atoms in total. The molecule has 2 aromatic heterocycles. The van der Waals surface area contributed by atoms with Gasteiger partial charge < -0.3 is 15.0 Å². The second-order valence-corrected chi connectivity index (χ2v) is 5.61. The molecule has 0 unspecified atom stereocenters. The zero-order chi connectivity index (χ0) is 16.2. The van der Waals surface area contributed by atoms with Gasteiger partial charge in [0.2, 0.25) is 5.91 Å². The number of H-pyrrole nitrogens is 1. The van der Waals surface area contributed by atoms with E-state index in [1.807, 2.05) is 0 Å². The highest BCUT2D eigenvalue weighted by Gasteiger charge is 2.17. The van der Waals surface area contributed by atoms with Gasteiger partial charge in [-0.1, -0.05) is 0 Å². The SMILES string of the molecule is COc1ccnc(NC(=O)Cc2c[nH]c3c(c2=O)CCCC3)c1. The van der Waals surface area contributed by atoms with Crippen LogP contribution in [0.2, 0.25) is 0 Å². The molecule has 1 amide bonds. The van der Waals surface area contributed by atoms with E-state index in [9.17, 15) is 9.59 Å². The van der Waals surface area contributed by atoms with Crippen molar-refractivity contribution >= 4 is 11.7 Å². The lowest BCUT2D eigenvalue weighted by molar-refractivity contribution is -0.115. The molecule has 0 fully saturated rings. The van der Waals surface area contributed by atoms with Crippen LogP contribution in [0.25, 0.3) is 0 Å². The Hall–Kier alpha value is -2.63. The first-order valence-corrected chi connectivity index (χ1v) is 7.69. The highest BCUT2D eigenvalue weighted by atomic mass is 16.5. The molecule has 120 valence electrons. The molecular formula is C17H19N3O3. The Morgan fingerprint density at radius 2 is 2.22 bits per heavy atom. The molecule has 23 heavy (non-hydrogen) atoms. The number of rotatable bonds is 4. The average Bonchev–Trinajstić information content (AvgIpc) is 2.58. The molecule has 6 heteroatoms. The Morgan fingerprint density at radius 1 is 1.39 bits per heavy atom. The van der Waals surface area contributed by atoms with E-state index in [1.54, 1.807) is 31.6 Å². The van der Waals surface area contributed by atoms with E-state index in [2.05, 4.69) is 15.3 Å². The van der Waals surface area contributed by atoms with Gasteiger partial charge in [-0.2, -0.15) is 0 Å². The second-order valence-electron chi connectivity index (χ2n) is 5.61. The van der Waals surface area contributed by atoms with Gasteiger partial charge in [-0.3, -0.25) is 9.59 Å². The number of hydrogen-bond acceptors (Lipinski definition) is 4. The summed E-state index contributed by atoms with van der Waals surface area (Å²) in [6, 6.07) is 3.33. The summed E-state index contributed by atoms with van der Waals surface area (Å²) in [5.41, 5.74) is 2.33. The van der Waals surface area contributed by atoms with Gasteiger partial charge in [0.15, 0.2) is 5.43 Å². The summed E-state index contributed by atoms with van der Waals surface area (Å²) in [5.74, 6) is 0.748. The van der Waals surface area contributed by atoms with E-state index < -0.39 is 0 Å². The highest BCUT2D eigenvalue weighted by Crippen LogP contribution is 2.17. The number of hydrogen-bond donors (Lipinski definition) is 2. The first kappa shape index (κ1) is 15.3. The van der Waals surface area contributed by atoms with Gasteiger partial charge in [0.05, 0.1) is 13.5 Å². The molecule has 0 radical (unpaired) electrons. The molecule has 0 atom stereocenters. The smallest absolute Gasteiger partial charge is 0.230 e. The average molecular weight is 313 g/mol. The third-order valence-corrected chi connectivity index (χ3v) is 4.04. The summed E-state index contributed by atoms with van der Waals surface area (Å²) in [6.45, 7) is 0. The second kappa shape index (κ2) is 6.64. The molecule has 0 bridgehead atoms. The molecule has 0 aliphatic heterocycles. The summed E-state index contributed by atoms with van der Waals surface area (Å²) < 4.78 is 5.09. The van der Waals surface area contributed by atoms with Gasteiger partial charge in [0.1, 0.15) is 11.6 Å². The fraction of sp³-hybridized carbons (Fsp3) is 0.353. The topological polar surface area (TPSA) is 84.1 Å². The Labute approximate surface area is 133 Å². The Kier molecular flexibility index (Phi) is 4.41. The minimum absolute atomic E-state index is 0.00722. The lowest BCUT2D eigenvalue weighted by atomic mass is 9.94. The minimum atomic E-state index is -0.271. The number of fused-ring (bicyclic) bond motifs is 1. The van der Waals surface area contributed by atoms with Crippen LogP contribution in [0.5, 0.6) is 5.75 Å². The van der Waals surface area contributed by atoms with Crippen LogP contribution in [0.4, 0.5) is 5.82 Å². The third kappa shape index (κ3) is 3.41. The van der Waals surface area contributed by atoms with Gasteiger partial charge in [-0.15, -0.1) is 0 Å². The van der Waals surface area contributed by atoms with E-state index >= 15 is 0 Å². The monoisotopic (exact) mass is 313 g/mol. The molecule has 2 aromatic rings.